The van der Waals surface area contributed by atoms with Gasteiger partial charge in [0, 0.05) is 0 Å². The number of rotatable bonds is 7. The SMILES string of the molecule is OC[C@@H]1O[C@H](O)[C@@H](OCc2ccccc2)[C@H]1OCc1ccccc1. The van der Waals surface area contributed by atoms with E-state index in [1.54, 1.807) is 0 Å². The maximum Gasteiger partial charge on any atom is 0.184 e. The average molecular weight is 330 g/mol. The zero-order valence-corrected chi connectivity index (χ0v) is 13.3. The van der Waals surface area contributed by atoms with E-state index in [2.05, 4.69) is 0 Å². The molecule has 0 spiro atoms. The lowest BCUT2D eigenvalue weighted by Gasteiger charge is -2.23. The van der Waals surface area contributed by atoms with Crippen molar-refractivity contribution in [3.05, 3.63) is 71.8 Å². The average Bonchev–Trinajstić information content (AvgIpc) is 2.94. The summed E-state index contributed by atoms with van der Waals surface area (Å²) in [7, 11) is 0. The van der Waals surface area contributed by atoms with Crippen molar-refractivity contribution in [1.82, 2.24) is 0 Å². The van der Waals surface area contributed by atoms with Gasteiger partial charge in [-0.3, -0.25) is 0 Å². The summed E-state index contributed by atoms with van der Waals surface area (Å²) in [5.74, 6) is 0. The second kappa shape index (κ2) is 8.37. The normalized spacial score (nSPS) is 26.6. The quantitative estimate of drug-likeness (QED) is 0.811. The van der Waals surface area contributed by atoms with Crippen molar-refractivity contribution in [2.45, 2.75) is 37.8 Å². The molecule has 5 nitrogen and oxygen atoms in total. The zero-order valence-electron chi connectivity index (χ0n) is 13.3. The molecule has 1 heterocycles. The van der Waals surface area contributed by atoms with Crippen LogP contribution in [0.4, 0.5) is 0 Å². The molecular formula is C19H22O5. The van der Waals surface area contributed by atoms with Gasteiger partial charge in [-0.1, -0.05) is 60.7 Å². The molecule has 0 unspecified atom stereocenters. The molecule has 0 radical (unpaired) electrons. The topological polar surface area (TPSA) is 68.2 Å². The van der Waals surface area contributed by atoms with E-state index < -0.39 is 24.6 Å². The van der Waals surface area contributed by atoms with Crippen LogP contribution >= 0.6 is 0 Å². The standard InChI is InChI=1S/C19H22O5/c20-11-16-17(22-12-14-7-3-1-4-8-14)18(19(21)24-16)23-13-15-9-5-2-6-10-15/h1-10,16-21H,11-13H2/t16-,17-,18-,19-/m0/s1. The summed E-state index contributed by atoms with van der Waals surface area (Å²) >= 11 is 0. The molecule has 128 valence electrons. The molecule has 0 aliphatic carbocycles. The molecular weight excluding hydrogens is 308 g/mol. The lowest BCUT2D eigenvalue weighted by atomic mass is 10.1. The van der Waals surface area contributed by atoms with E-state index in [0.717, 1.165) is 11.1 Å². The van der Waals surface area contributed by atoms with Gasteiger partial charge in [-0.25, -0.2) is 0 Å². The lowest BCUT2D eigenvalue weighted by Crippen LogP contribution is -2.38. The summed E-state index contributed by atoms with van der Waals surface area (Å²) in [5, 5.41) is 19.6. The molecule has 2 aromatic carbocycles. The Morgan fingerprint density at radius 1 is 0.792 bits per heavy atom. The highest BCUT2D eigenvalue weighted by atomic mass is 16.7. The van der Waals surface area contributed by atoms with Crippen LogP contribution in [0.15, 0.2) is 60.7 Å². The van der Waals surface area contributed by atoms with Gasteiger partial charge in [0.25, 0.3) is 0 Å². The monoisotopic (exact) mass is 330 g/mol. The van der Waals surface area contributed by atoms with Gasteiger partial charge >= 0.3 is 0 Å². The van der Waals surface area contributed by atoms with Crippen molar-refractivity contribution >= 4 is 0 Å². The predicted molar refractivity (Wildman–Crippen MR) is 88.0 cm³/mol. The summed E-state index contributed by atoms with van der Waals surface area (Å²) in [5.41, 5.74) is 2.01. The van der Waals surface area contributed by atoms with Crippen molar-refractivity contribution in [3.8, 4) is 0 Å². The summed E-state index contributed by atoms with van der Waals surface area (Å²) in [6, 6.07) is 19.4. The first-order chi connectivity index (χ1) is 11.8. The lowest BCUT2D eigenvalue weighted by molar-refractivity contribution is -0.151. The smallest absolute Gasteiger partial charge is 0.184 e. The number of hydrogen-bond acceptors (Lipinski definition) is 5. The Hall–Kier alpha value is -1.76. The van der Waals surface area contributed by atoms with Crippen LogP contribution in [-0.4, -0.2) is 41.4 Å². The fraction of sp³-hybridized carbons (Fsp3) is 0.368. The number of hydrogen-bond donors (Lipinski definition) is 2. The van der Waals surface area contributed by atoms with E-state index in [1.807, 2.05) is 60.7 Å². The Bertz CT molecular complexity index is 604. The van der Waals surface area contributed by atoms with Crippen molar-refractivity contribution in [2.75, 3.05) is 6.61 Å². The van der Waals surface area contributed by atoms with Crippen molar-refractivity contribution in [1.29, 1.82) is 0 Å². The van der Waals surface area contributed by atoms with Crippen LogP contribution in [0.3, 0.4) is 0 Å². The third-order valence-electron chi connectivity index (χ3n) is 4.04. The number of aliphatic hydroxyl groups is 2. The highest BCUT2D eigenvalue weighted by Gasteiger charge is 2.45. The molecule has 0 aromatic heterocycles. The van der Waals surface area contributed by atoms with Gasteiger partial charge in [0.15, 0.2) is 6.29 Å². The number of benzene rings is 2. The molecule has 0 bridgehead atoms. The Morgan fingerprint density at radius 2 is 1.29 bits per heavy atom. The van der Waals surface area contributed by atoms with Crippen LogP contribution < -0.4 is 0 Å². The molecule has 1 saturated heterocycles. The molecule has 1 aliphatic heterocycles. The molecule has 24 heavy (non-hydrogen) atoms. The Kier molecular flexibility index (Phi) is 5.96. The molecule has 0 amide bonds. The Morgan fingerprint density at radius 3 is 1.79 bits per heavy atom. The van der Waals surface area contributed by atoms with Gasteiger partial charge in [0.1, 0.15) is 18.3 Å². The van der Waals surface area contributed by atoms with Gasteiger partial charge < -0.3 is 24.4 Å². The molecule has 5 heteroatoms. The fourth-order valence-electron chi connectivity index (χ4n) is 2.77. The molecule has 2 N–H and O–H groups in total. The van der Waals surface area contributed by atoms with Crippen molar-refractivity contribution in [3.63, 3.8) is 0 Å². The minimum Gasteiger partial charge on any atom is -0.394 e. The van der Waals surface area contributed by atoms with Gasteiger partial charge in [-0.2, -0.15) is 0 Å². The second-order valence-electron chi connectivity index (χ2n) is 5.77. The van der Waals surface area contributed by atoms with Gasteiger partial charge in [-0.05, 0) is 11.1 Å². The van der Waals surface area contributed by atoms with Gasteiger partial charge in [0.2, 0.25) is 0 Å². The predicted octanol–water partition coefficient (Wildman–Crippen LogP) is 1.87. The van der Waals surface area contributed by atoms with E-state index in [1.165, 1.54) is 0 Å². The number of ether oxygens (including phenoxy) is 3. The molecule has 1 fully saturated rings. The summed E-state index contributed by atoms with van der Waals surface area (Å²) in [6.07, 6.45) is -2.91. The maximum atomic E-state index is 10.1. The summed E-state index contributed by atoms with van der Waals surface area (Å²) < 4.78 is 17.1. The van der Waals surface area contributed by atoms with E-state index in [-0.39, 0.29) is 6.61 Å². The van der Waals surface area contributed by atoms with Crippen LogP contribution in [-0.2, 0) is 27.4 Å². The molecule has 2 aromatic rings. The van der Waals surface area contributed by atoms with Crippen LogP contribution in [0.5, 0.6) is 0 Å². The first-order valence-electron chi connectivity index (χ1n) is 8.03. The third kappa shape index (κ3) is 4.20. The van der Waals surface area contributed by atoms with E-state index in [0.29, 0.717) is 13.2 Å². The Labute approximate surface area is 141 Å². The number of aliphatic hydroxyl groups excluding tert-OH is 2. The van der Waals surface area contributed by atoms with Crippen LogP contribution in [0.2, 0.25) is 0 Å². The Balaban J connectivity index is 1.63. The zero-order chi connectivity index (χ0) is 16.8. The summed E-state index contributed by atoms with van der Waals surface area (Å²) in [6.45, 7) is 0.472. The van der Waals surface area contributed by atoms with Crippen LogP contribution in [0.25, 0.3) is 0 Å². The largest absolute Gasteiger partial charge is 0.394 e. The van der Waals surface area contributed by atoms with Crippen LogP contribution in [0, 0.1) is 0 Å². The van der Waals surface area contributed by atoms with Gasteiger partial charge in [0.05, 0.1) is 19.8 Å². The van der Waals surface area contributed by atoms with Crippen molar-refractivity contribution in [2.24, 2.45) is 0 Å². The second-order valence-corrected chi connectivity index (χ2v) is 5.77. The minimum atomic E-state index is -1.12. The molecule has 0 saturated carbocycles. The molecule has 3 rings (SSSR count). The fourth-order valence-corrected chi connectivity index (χ4v) is 2.77. The van der Waals surface area contributed by atoms with E-state index in [4.69, 9.17) is 14.2 Å². The first kappa shape index (κ1) is 17.1. The first-order valence-corrected chi connectivity index (χ1v) is 8.03. The molecule has 4 atom stereocenters. The maximum absolute atomic E-state index is 10.1. The molecule has 1 aliphatic rings. The van der Waals surface area contributed by atoms with Gasteiger partial charge in [-0.15, -0.1) is 0 Å². The van der Waals surface area contributed by atoms with E-state index in [9.17, 15) is 10.2 Å². The summed E-state index contributed by atoms with van der Waals surface area (Å²) in [4.78, 5) is 0. The van der Waals surface area contributed by atoms with Crippen LogP contribution in [0.1, 0.15) is 11.1 Å². The highest BCUT2D eigenvalue weighted by molar-refractivity contribution is 5.14. The minimum absolute atomic E-state index is 0.234. The van der Waals surface area contributed by atoms with Crippen molar-refractivity contribution < 1.29 is 24.4 Å². The third-order valence-corrected chi connectivity index (χ3v) is 4.04. The van der Waals surface area contributed by atoms with E-state index >= 15 is 0 Å². The highest BCUT2D eigenvalue weighted by Crippen LogP contribution is 2.27.